The number of hydrogen-bond acceptors (Lipinski definition) is 4. The van der Waals surface area contributed by atoms with Gasteiger partial charge < -0.3 is 20.4 Å². The summed E-state index contributed by atoms with van der Waals surface area (Å²) in [5, 5.41) is 39.3. The molecule has 0 aliphatic heterocycles. The van der Waals surface area contributed by atoms with Crippen LogP contribution in [0.25, 0.3) is 0 Å². The van der Waals surface area contributed by atoms with Crippen molar-refractivity contribution in [1.82, 2.24) is 0 Å². The van der Waals surface area contributed by atoms with Crippen molar-refractivity contribution >= 4 is 0 Å². The molecule has 0 aliphatic carbocycles. The van der Waals surface area contributed by atoms with E-state index in [1.165, 1.54) is 6.08 Å². The van der Waals surface area contributed by atoms with Gasteiger partial charge in [-0.1, -0.05) is 55.8 Å². The molecule has 1 aromatic rings. The Labute approximate surface area is 120 Å². The highest BCUT2D eigenvalue weighted by molar-refractivity contribution is 5.16. The molecule has 1 aromatic carbocycles. The van der Waals surface area contributed by atoms with Crippen LogP contribution >= 0.6 is 0 Å². The van der Waals surface area contributed by atoms with Gasteiger partial charge in [0.05, 0.1) is 6.10 Å². The predicted octanol–water partition coefficient (Wildman–Crippen LogP) is 1.03. The average molecular weight is 280 g/mol. The molecule has 0 fully saturated rings. The zero-order chi connectivity index (χ0) is 15.0. The second-order valence-corrected chi connectivity index (χ2v) is 4.95. The molecule has 0 radical (unpaired) electrons. The highest BCUT2D eigenvalue weighted by Gasteiger charge is 2.29. The molecule has 0 aliphatic rings. The van der Waals surface area contributed by atoms with Crippen LogP contribution < -0.4 is 0 Å². The van der Waals surface area contributed by atoms with Crippen molar-refractivity contribution in [1.29, 1.82) is 0 Å². The number of rotatable bonds is 8. The van der Waals surface area contributed by atoms with Gasteiger partial charge in [0.25, 0.3) is 0 Å². The normalized spacial score (nSPS) is 17.9. The lowest BCUT2D eigenvalue weighted by atomic mass is 9.97. The van der Waals surface area contributed by atoms with Gasteiger partial charge in [-0.05, 0) is 12.0 Å². The third-order valence-corrected chi connectivity index (χ3v) is 3.17. The van der Waals surface area contributed by atoms with Crippen LogP contribution in [0.3, 0.4) is 0 Å². The minimum atomic E-state index is -1.40. The molecule has 112 valence electrons. The van der Waals surface area contributed by atoms with Gasteiger partial charge in [-0.3, -0.25) is 0 Å². The van der Waals surface area contributed by atoms with Gasteiger partial charge >= 0.3 is 0 Å². The van der Waals surface area contributed by atoms with Crippen molar-refractivity contribution < 1.29 is 20.4 Å². The first kappa shape index (κ1) is 16.9. The summed E-state index contributed by atoms with van der Waals surface area (Å²) in [6, 6.07) is 9.21. The van der Waals surface area contributed by atoms with Gasteiger partial charge in [-0.15, -0.1) is 0 Å². The van der Waals surface area contributed by atoms with E-state index in [-0.39, 0.29) is 6.42 Å². The Morgan fingerprint density at radius 1 is 1.00 bits per heavy atom. The minimum absolute atomic E-state index is 0.227. The molecule has 0 spiro atoms. The summed E-state index contributed by atoms with van der Waals surface area (Å²) in [6.45, 7) is 2.01. The van der Waals surface area contributed by atoms with Crippen LogP contribution in [0, 0.1) is 0 Å². The van der Waals surface area contributed by atoms with E-state index in [0.29, 0.717) is 0 Å². The minimum Gasteiger partial charge on any atom is -0.390 e. The van der Waals surface area contributed by atoms with Crippen molar-refractivity contribution in [3.05, 3.63) is 48.0 Å². The molecule has 4 atom stereocenters. The van der Waals surface area contributed by atoms with Crippen LogP contribution in [-0.2, 0) is 6.42 Å². The second-order valence-electron chi connectivity index (χ2n) is 4.95. The van der Waals surface area contributed by atoms with Gasteiger partial charge in [0, 0.05) is 6.42 Å². The smallest absolute Gasteiger partial charge is 0.112 e. The molecular formula is C16H24O4. The molecule has 20 heavy (non-hydrogen) atoms. The summed E-state index contributed by atoms with van der Waals surface area (Å²) in [4.78, 5) is 0. The third-order valence-electron chi connectivity index (χ3n) is 3.17. The Balaban J connectivity index is 2.52. The van der Waals surface area contributed by atoms with E-state index in [1.54, 1.807) is 6.08 Å². The zero-order valence-corrected chi connectivity index (χ0v) is 11.8. The largest absolute Gasteiger partial charge is 0.390 e. The lowest BCUT2D eigenvalue weighted by Crippen LogP contribution is -2.44. The van der Waals surface area contributed by atoms with E-state index in [1.807, 2.05) is 37.3 Å². The van der Waals surface area contributed by atoms with E-state index in [0.717, 1.165) is 18.4 Å². The fraction of sp³-hybridized carbons (Fsp3) is 0.500. The van der Waals surface area contributed by atoms with E-state index in [2.05, 4.69) is 0 Å². The van der Waals surface area contributed by atoms with Crippen LogP contribution in [0.5, 0.6) is 0 Å². The SMILES string of the molecule is CCCC=CC(O)C(O)C(O)C(O)Cc1ccccc1. The molecule has 0 amide bonds. The van der Waals surface area contributed by atoms with Gasteiger partial charge in [0.2, 0.25) is 0 Å². The maximum atomic E-state index is 9.92. The third kappa shape index (κ3) is 5.43. The topological polar surface area (TPSA) is 80.9 Å². The van der Waals surface area contributed by atoms with Gasteiger partial charge in [0.1, 0.15) is 18.3 Å². The summed E-state index contributed by atoms with van der Waals surface area (Å²) in [5.74, 6) is 0. The van der Waals surface area contributed by atoms with E-state index < -0.39 is 24.4 Å². The number of benzene rings is 1. The molecule has 4 unspecified atom stereocenters. The summed E-state index contributed by atoms with van der Waals surface area (Å²) in [5.41, 5.74) is 0.863. The molecule has 0 saturated carbocycles. The molecular weight excluding hydrogens is 256 g/mol. The molecule has 0 aromatic heterocycles. The van der Waals surface area contributed by atoms with Crippen LogP contribution in [0.15, 0.2) is 42.5 Å². The van der Waals surface area contributed by atoms with Gasteiger partial charge in [-0.25, -0.2) is 0 Å². The predicted molar refractivity (Wildman–Crippen MR) is 78.2 cm³/mol. The number of aliphatic hydroxyl groups excluding tert-OH is 4. The average Bonchev–Trinajstić information content (AvgIpc) is 2.46. The summed E-state index contributed by atoms with van der Waals surface area (Å²) >= 11 is 0. The quantitative estimate of drug-likeness (QED) is 0.536. The Morgan fingerprint density at radius 2 is 1.65 bits per heavy atom. The van der Waals surface area contributed by atoms with Crippen LogP contribution in [0.4, 0.5) is 0 Å². The lowest BCUT2D eigenvalue weighted by molar-refractivity contribution is -0.0925. The van der Waals surface area contributed by atoms with Crippen molar-refractivity contribution in [3.8, 4) is 0 Å². The Morgan fingerprint density at radius 3 is 2.25 bits per heavy atom. The summed E-state index contributed by atoms with van der Waals surface area (Å²) < 4.78 is 0. The van der Waals surface area contributed by atoms with E-state index in [9.17, 15) is 20.4 Å². The van der Waals surface area contributed by atoms with Crippen molar-refractivity contribution in [2.45, 2.75) is 50.6 Å². The molecule has 1 rings (SSSR count). The van der Waals surface area contributed by atoms with Crippen molar-refractivity contribution in [3.63, 3.8) is 0 Å². The van der Waals surface area contributed by atoms with Gasteiger partial charge in [-0.2, -0.15) is 0 Å². The van der Waals surface area contributed by atoms with Gasteiger partial charge in [0.15, 0.2) is 0 Å². The Hall–Kier alpha value is -1.20. The highest BCUT2D eigenvalue weighted by atomic mass is 16.4. The van der Waals surface area contributed by atoms with Crippen molar-refractivity contribution in [2.24, 2.45) is 0 Å². The molecule has 0 saturated heterocycles. The second kappa shape index (κ2) is 8.87. The monoisotopic (exact) mass is 280 g/mol. The summed E-state index contributed by atoms with van der Waals surface area (Å²) in [6.07, 6.45) is 0.0774. The Bertz CT molecular complexity index is 391. The standard InChI is InChI=1S/C16H24O4/c1-2-3-5-10-13(17)15(19)16(20)14(18)11-12-8-6-4-7-9-12/h4-10,13-20H,2-3,11H2,1H3. The van der Waals surface area contributed by atoms with Crippen molar-refractivity contribution in [2.75, 3.05) is 0 Å². The van der Waals surface area contributed by atoms with E-state index >= 15 is 0 Å². The molecule has 0 bridgehead atoms. The molecule has 0 heterocycles. The van der Waals surface area contributed by atoms with Crippen LogP contribution in [0.1, 0.15) is 25.3 Å². The molecule has 4 nitrogen and oxygen atoms in total. The van der Waals surface area contributed by atoms with E-state index in [4.69, 9.17) is 0 Å². The first-order chi connectivity index (χ1) is 9.56. The molecule has 4 heteroatoms. The number of hydrogen-bond donors (Lipinski definition) is 4. The zero-order valence-electron chi connectivity index (χ0n) is 11.8. The number of unbranched alkanes of at least 4 members (excludes halogenated alkanes) is 1. The number of allylic oxidation sites excluding steroid dienone is 1. The van der Waals surface area contributed by atoms with Crippen LogP contribution in [0.2, 0.25) is 0 Å². The maximum absolute atomic E-state index is 9.92. The molecule has 4 N–H and O–H groups in total. The first-order valence-corrected chi connectivity index (χ1v) is 6.99. The van der Waals surface area contributed by atoms with Crippen LogP contribution in [-0.4, -0.2) is 44.8 Å². The lowest BCUT2D eigenvalue weighted by Gasteiger charge is -2.25. The Kier molecular flexibility index (Phi) is 7.47. The maximum Gasteiger partial charge on any atom is 0.112 e. The summed E-state index contributed by atoms with van der Waals surface area (Å²) in [7, 11) is 0. The highest BCUT2D eigenvalue weighted by Crippen LogP contribution is 2.11. The first-order valence-electron chi connectivity index (χ1n) is 6.99. The fourth-order valence-corrected chi connectivity index (χ4v) is 1.92. The number of aliphatic hydroxyl groups is 4. The fourth-order valence-electron chi connectivity index (χ4n) is 1.92.